The first-order chi connectivity index (χ1) is 11.4. The van der Waals surface area contributed by atoms with Crippen molar-refractivity contribution in [2.24, 2.45) is 12.0 Å². The average molecular weight is 396 g/mol. The lowest BCUT2D eigenvalue weighted by molar-refractivity contribution is 0.375. The first-order valence-electron chi connectivity index (χ1n) is 8.16. The SMILES string of the molecule is CCNC(=NCc1cc(C(C)C)no1)N(C)Cc1cc(Br)cn1C. The van der Waals surface area contributed by atoms with E-state index in [9.17, 15) is 0 Å². The number of nitrogens with one attached hydrogen (secondary N) is 1. The Morgan fingerprint density at radius 2 is 2.21 bits per heavy atom. The molecule has 0 aliphatic carbocycles. The summed E-state index contributed by atoms with van der Waals surface area (Å²) in [5.74, 6) is 1.99. The molecule has 0 bridgehead atoms. The Balaban J connectivity index is 2.07. The fourth-order valence-corrected chi connectivity index (χ4v) is 2.91. The Morgan fingerprint density at radius 3 is 2.75 bits per heavy atom. The highest BCUT2D eigenvalue weighted by atomic mass is 79.9. The van der Waals surface area contributed by atoms with Crippen LogP contribution in [0.25, 0.3) is 0 Å². The number of halogens is 1. The van der Waals surface area contributed by atoms with E-state index in [1.807, 2.05) is 20.2 Å². The highest BCUT2D eigenvalue weighted by molar-refractivity contribution is 9.10. The van der Waals surface area contributed by atoms with Gasteiger partial charge in [-0.1, -0.05) is 19.0 Å². The monoisotopic (exact) mass is 395 g/mol. The fraction of sp³-hybridized carbons (Fsp3) is 0.529. The number of rotatable bonds is 6. The largest absolute Gasteiger partial charge is 0.359 e. The van der Waals surface area contributed by atoms with Gasteiger partial charge < -0.3 is 19.3 Å². The summed E-state index contributed by atoms with van der Waals surface area (Å²) in [6.07, 6.45) is 2.05. The molecular formula is C17H26BrN5O. The highest BCUT2D eigenvalue weighted by Gasteiger charge is 2.11. The summed E-state index contributed by atoms with van der Waals surface area (Å²) in [6.45, 7) is 8.31. The molecule has 0 saturated heterocycles. The van der Waals surface area contributed by atoms with Crippen molar-refractivity contribution in [2.75, 3.05) is 13.6 Å². The molecule has 2 aromatic rings. The van der Waals surface area contributed by atoms with E-state index in [1.165, 1.54) is 5.69 Å². The van der Waals surface area contributed by atoms with Gasteiger partial charge in [0.25, 0.3) is 0 Å². The van der Waals surface area contributed by atoms with Gasteiger partial charge in [-0.2, -0.15) is 0 Å². The van der Waals surface area contributed by atoms with Crippen LogP contribution in [0.5, 0.6) is 0 Å². The summed E-state index contributed by atoms with van der Waals surface area (Å²) in [5, 5.41) is 7.40. The van der Waals surface area contributed by atoms with E-state index in [2.05, 4.69) is 73.9 Å². The zero-order valence-electron chi connectivity index (χ0n) is 15.0. The zero-order valence-corrected chi connectivity index (χ0v) is 16.6. The van der Waals surface area contributed by atoms with E-state index in [0.717, 1.165) is 35.0 Å². The van der Waals surface area contributed by atoms with Gasteiger partial charge in [0.15, 0.2) is 11.7 Å². The van der Waals surface area contributed by atoms with Crippen molar-refractivity contribution in [1.29, 1.82) is 0 Å². The Bertz CT molecular complexity index is 689. The number of guanidine groups is 1. The predicted octanol–water partition coefficient (Wildman–Crippen LogP) is 3.50. The summed E-state index contributed by atoms with van der Waals surface area (Å²) in [4.78, 5) is 6.77. The molecule has 0 radical (unpaired) electrons. The standard InChI is InChI=1S/C17H26BrN5O/c1-6-19-17(20-9-15-8-16(12(2)3)21-24-15)23(5)11-14-7-13(18)10-22(14)4/h7-8,10,12H,6,9,11H2,1-5H3,(H,19,20). The van der Waals surface area contributed by atoms with E-state index < -0.39 is 0 Å². The van der Waals surface area contributed by atoms with Crippen molar-refractivity contribution in [3.63, 3.8) is 0 Å². The normalized spacial score (nSPS) is 12.0. The van der Waals surface area contributed by atoms with Crippen molar-refractivity contribution in [3.05, 3.63) is 40.0 Å². The quantitative estimate of drug-likeness (QED) is 0.600. The molecule has 24 heavy (non-hydrogen) atoms. The molecule has 0 aliphatic rings. The summed E-state index contributed by atoms with van der Waals surface area (Å²) in [5.41, 5.74) is 2.17. The molecule has 2 heterocycles. The van der Waals surface area contributed by atoms with Crippen LogP contribution in [0.4, 0.5) is 0 Å². The molecule has 6 nitrogen and oxygen atoms in total. The van der Waals surface area contributed by atoms with Gasteiger partial charge in [0.1, 0.15) is 6.54 Å². The molecule has 0 fully saturated rings. The van der Waals surface area contributed by atoms with Gasteiger partial charge in [0.05, 0.1) is 12.2 Å². The van der Waals surface area contributed by atoms with Crippen molar-refractivity contribution < 1.29 is 4.52 Å². The van der Waals surface area contributed by atoms with Crippen LogP contribution in [0.3, 0.4) is 0 Å². The molecule has 132 valence electrons. The molecule has 0 unspecified atom stereocenters. The van der Waals surface area contributed by atoms with Crippen LogP contribution in [0.1, 0.15) is 43.8 Å². The van der Waals surface area contributed by atoms with Crippen LogP contribution in [-0.4, -0.2) is 34.2 Å². The third-order valence-electron chi connectivity index (χ3n) is 3.72. The summed E-state index contributed by atoms with van der Waals surface area (Å²) in [6, 6.07) is 4.09. The van der Waals surface area contributed by atoms with Crippen molar-refractivity contribution in [2.45, 2.75) is 39.8 Å². The lowest BCUT2D eigenvalue weighted by atomic mass is 10.1. The molecule has 0 saturated carbocycles. The van der Waals surface area contributed by atoms with Gasteiger partial charge in [-0.25, -0.2) is 4.99 Å². The van der Waals surface area contributed by atoms with E-state index in [1.54, 1.807) is 0 Å². The Hall–Kier alpha value is -1.76. The van der Waals surface area contributed by atoms with Crippen LogP contribution in [0.15, 0.2) is 32.3 Å². The van der Waals surface area contributed by atoms with Gasteiger partial charge in [-0.15, -0.1) is 0 Å². The number of aliphatic imine (C=N–C) groups is 1. The van der Waals surface area contributed by atoms with E-state index >= 15 is 0 Å². The first kappa shape index (κ1) is 18.6. The number of aryl methyl sites for hydroxylation is 1. The van der Waals surface area contributed by atoms with Gasteiger partial charge >= 0.3 is 0 Å². The molecular weight excluding hydrogens is 370 g/mol. The Morgan fingerprint density at radius 1 is 1.46 bits per heavy atom. The van der Waals surface area contributed by atoms with E-state index in [4.69, 9.17) is 4.52 Å². The molecule has 2 aromatic heterocycles. The summed E-state index contributed by atoms with van der Waals surface area (Å²) < 4.78 is 8.55. The molecule has 0 amide bonds. The minimum Gasteiger partial charge on any atom is -0.359 e. The van der Waals surface area contributed by atoms with Crippen molar-refractivity contribution >= 4 is 21.9 Å². The van der Waals surface area contributed by atoms with Gasteiger partial charge in [-0.3, -0.25) is 0 Å². The Kier molecular flexibility index (Phi) is 6.48. The fourth-order valence-electron chi connectivity index (χ4n) is 2.34. The highest BCUT2D eigenvalue weighted by Crippen LogP contribution is 2.16. The smallest absolute Gasteiger partial charge is 0.194 e. The van der Waals surface area contributed by atoms with Crippen molar-refractivity contribution in [1.82, 2.24) is 19.9 Å². The third-order valence-corrected chi connectivity index (χ3v) is 4.16. The maximum absolute atomic E-state index is 5.36. The van der Waals surface area contributed by atoms with Gasteiger partial charge in [0, 0.05) is 43.1 Å². The second kappa shape index (κ2) is 8.37. The topological polar surface area (TPSA) is 58.6 Å². The van der Waals surface area contributed by atoms with E-state index in [-0.39, 0.29) is 0 Å². The van der Waals surface area contributed by atoms with Gasteiger partial charge in [0.2, 0.25) is 0 Å². The second-order valence-electron chi connectivity index (χ2n) is 6.16. The molecule has 2 rings (SSSR count). The third kappa shape index (κ3) is 4.87. The minimum absolute atomic E-state index is 0.359. The first-order valence-corrected chi connectivity index (χ1v) is 8.95. The maximum Gasteiger partial charge on any atom is 0.194 e. The summed E-state index contributed by atoms with van der Waals surface area (Å²) >= 11 is 3.51. The zero-order chi connectivity index (χ0) is 17.7. The number of hydrogen-bond donors (Lipinski definition) is 1. The molecule has 0 spiro atoms. The predicted molar refractivity (Wildman–Crippen MR) is 100.0 cm³/mol. The van der Waals surface area contributed by atoms with Crippen LogP contribution in [0.2, 0.25) is 0 Å². The van der Waals surface area contributed by atoms with Crippen LogP contribution < -0.4 is 5.32 Å². The lowest BCUT2D eigenvalue weighted by Gasteiger charge is -2.22. The maximum atomic E-state index is 5.36. The molecule has 7 heteroatoms. The van der Waals surface area contributed by atoms with Crippen molar-refractivity contribution in [3.8, 4) is 0 Å². The van der Waals surface area contributed by atoms with Crippen LogP contribution in [0, 0.1) is 0 Å². The number of nitrogens with zero attached hydrogens (tertiary/aromatic N) is 4. The average Bonchev–Trinajstić information content (AvgIpc) is 3.10. The molecule has 0 atom stereocenters. The number of aromatic nitrogens is 2. The minimum atomic E-state index is 0.359. The van der Waals surface area contributed by atoms with E-state index in [0.29, 0.717) is 12.5 Å². The van der Waals surface area contributed by atoms with Gasteiger partial charge in [-0.05, 0) is 34.8 Å². The molecule has 0 aromatic carbocycles. The lowest BCUT2D eigenvalue weighted by Crippen LogP contribution is -2.38. The molecule has 1 N–H and O–H groups in total. The molecule has 0 aliphatic heterocycles. The number of hydrogen-bond acceptors (Lipinski definition) is 3. The second-order valence-corrected chi connectivity index (χ2v) is 7.08. The van der Waals surface area contributed by atoms with Crippen LogP contribution >= 0.6 is 15.9 Å². The van der Waals surface area contributed by atoms with Crippen LogP contribution in [-0.2, 0) is 20.1 Å². The summed E-state index contributed by atoms with van der Waals surface area (Å²) in [7, 11) is 4.07. The Labute approximate surface area is 152 Å².